The summed E-state index contributed by atoms with van der Waals surface area (Å²) in [4.78, 5) is 0. The number of alkyl halides is 1. The van der Waals surface area contributed by atoms with E-state index < -0.39 is 0 Å². The molecule has 0 radical (unpaired) electrons. The van der Waals surface area contributed by atoms with E-state index in [1.165, 1.54) is 37.8 Å². The highest BCUT2D eigenvalue weighted by Gasteiger charge is 2.26. The van der Waals surface area contributed by atoms with Gasteiger partial charge in [0, 0.05) is 6.54 Å². The fourth-order valence-corrected chi connectivity index (χ4v) is 2.39. The number of rotatable bonds is 6. The lowest BCUT2D eigenvalue weighted by molar-refractivity contribution is 0.508. The van der Waals surface area contributed by atoms with Gasteiger partial charge in [0.25, 0.3) is 0 Å². The van der Waals surface area contributed by atoms with Crippen LogP contribution in [0.5, 0.6) is 0 Å². The molecule has 0 spiro atoms. The Balaban J connectivity index is 1.70. The van der Waals surface area contributed by atoms with Gasteiger partial charge in [0.05, 0.1) is 11.6 Å². The molecule has 3 nitrogen and oxygen atoms in total. The standard InChI is InChI=1S/C12H18ClN3/c13-8-11-12(7-10-3-4-10)16(15-14-11)6-5-9-1-2-9/h9-10H,1-8H2. The molecule has 4 heteroatoms. The summed E-state index contributed by atoms with van der Waals surface area (Å²) < 4.78 is 2.11. The summed E-state index contributed by atoms with van der Waals surface area (Å²) in [6, 6.07) is 0. The highest BCUT2D eigenvalue weighted by atomic mass is 35.5. The maximum Gasteiger partial charge on any atom is 0.101 e. The average Bonchev–Trinajstić information content (AvgIpc) is 3.17. The maximum absolute atomic E-state index is 5.91. The van der Waals surface area contributed by atoms with E-state index >= 15 is 0 Å². The molecule has 2 aliphatic rings. The van der Waals surface area contributed by atoms with Gasteiger partial charge in [0.2, 0.25) is 0 Å². The fraction of sp³-hybridized carbons (Fsp3) is 0.833. The van der Waals surface area contributed by atoms with Gasteiger partial charge >= 0.3 is 0 Å². The lowest BCUT2D eigenvalue weighted by Gasteiger charge is -2.06. The molecular weight excluding hydrogens is 222 g/mol. The molecule has 1 aromatic rings. The van der Waals surface area contributed by atoms with Crippen LogP contribution in [-0.4, -0.2) is 15.0 Å². The van der Waals surface area contributed by atoms with Crippen molar-refractivity contribution >= 4 is 11.6 Å². The highest BCUT2D eigenvalue weighted by molar-refractivity contribution is 6.16. The van der Waals surface area contributed by atoms with Crippen LogP contribution in [0.3, 0.4) is 0 Å². The first-order chi connectivity index (χ1) is 7.86. The summed E-state index contributed by atoms with van der Waals surface area (Å²) in [5, 5.41) is 8.44. The summed E-state index contributed by atoms with van der Waals surface area (Å²) in [6.45, 7) is 1.04. The van der Waals surface area contributed by atoms with Gasteiger partial charge in [-0.1, -0.05) is 18.1 Å². The van der Waals surface area contributed by atoms with Crippen molar-refractivity contribution in [1.82, 2.24) is 15.0 Å². The Morgan fingerprint density at radius 2 is 1.94 bits per heavy atom. The lowest BCUT2D eigenvalue weighted by atomic mass is 10.2. The van der Waals surface area contributed by atoms with Gasteiger partial charge in [-0.2, -0.15) is 0 Å². The van der Waals surface area contributed by atoms with Crippen molar-refractivity contribution in [3.05, 3.63) is 11.4 Å². The third kappa shape index (κ3) is 2.40. The number of nitrogens with zero attached hydrogens (tertiary/aromatic N) is 3. The van der Waals surface area contributed by atoms with Crippen LogP contribution in [0.25, 0.3) is 0 Å². The van der Waals surface area contributed by atoms with Crippen molar-refractivity contribution < 1.29 is 0 Å². The van der Waals surface area contributed by atoms with E-state index in [1.54, 1.807) is 0 Å². The first kappa shape index (κ1) is 10.6. The Morgan fingerprint density at radius 1 is 1.19 bits per heavy atom. The number of aryl methyl sites for hydroxylation is 1. The molecule has 2 aliphatic carbocycles. The molecule has 3 rings (SSSR count). The average molecular weight is 240 g/mol. The van der Waals surface area contributed by atoms with Crippen LogP contribution in [0.2, 0.25) is 0 Å². The first-order valence-corrected chi connectivity index (χ1v) is 6.87. The van der Waals surface area contributed by atoms with Crippen LogP contribution in [0.15, 0.2) is 0 Å². The zero-order chi connectivity index (χ0) is 11.0. The maximum atomic E-state index is 5.91. The van der Waals surface area contributed by atoms with Gasteiger partial charge < -0.3 is 0 Å². The molecule has 2 fully saturated rings. The molecule has 1 aromatic heterocycles. The van der Waals surface area contributed by atoms with Crippen LogP contribution < -0.4 is 0 Å². The Labute approximate surface area is 101 Å². The summed E-state index contributed by atoms with van der Waals surface area (Å²) in [5.74, 6) is 2.34. The monoisotopic (exact) mass is 239 g/mol. The van der Waals surface area contributed by atoms with E-state index in [0.29, 0.717) is 5.88 Å². The third-order valence-electron chi connectivity index (χ3n) is 3.67. The molecule has 0 atom stereocenters. The minimum atomic E-state index is 0.505. The van der Waals surface area contributed by atoms with Gasteiger partial charge in [0.15, 0.2) is 0 Å². The van der Waals surface area contributed by atoms with Crippen molar-refractivity contribution in [3.63, 3.8) is 0 Å². The smallest absolute Gasteiger partial charge is 0.101 e. The summed E-state index contributed by atoms with van der Waals surface area (Å²) in [7, 11) is 0. The Hall–Kier alpha value is -0.570. The molecule has 2 saturated carbocycles. The molecule has 0 bridgehead atoms. The second-order valence-electron chi connectivity index (χ2n) is 5.22. The van der Waals surface area contributed by atoms with Crippen molar-refractivity contribution in [1.29, 1.82) is 0 Å². The quantitative estimate of drug-likeness (QED) is 0.715. The van der Waals surface area contributed by atoms with Crippen LogP contribution >= 0.6 is 11.6 Å². The van der Waals surface area contributed by atoms with E-state index in [-0.39, 0.29) is 0 Å². The lowest BCUT2D eigenvalue weighted by Crippen LogP contribution is -2.07. The second kappa shape index (κ2) is 4.36. The van der Waals surface area contributed by atoms with Gasteiger partial charge in [-0.25, -0.2) is 4.68 Å². The van der Waals surface area contributed by atoms with Crippen molar-refractivity contribution in [3.8, 4) is 0 Å². The fourth-order valence-electron chi connectivity index (χ4n) is 2.18. The second-order valence-corrected chi connectivity index (χ2v) is 5.49. The van der Waals surface area contributed by atoms with Gasteiger partial charge in [-0.15, -0.1) is 16.7 Å². The Morgan fingerprint density at radius 3 is 2.56 bits per heavy atom. The number of hydrogen-bond acceptors (Lipinski definition) is 2. The largest absolute Gasteiger partial charge is 0.249 e. The van der Waals surface area contributed by atoms with E-state index in [0.717, 1.165) is 30.5 Å². The van der Waals surface area contributed by atoms with Crippen molar-refractivity contribution in [2.75, 3.05) is 0 Å². The summed E-state index contributed by atoms with van der Waals surface area (Å²) >= 11 is 5.91. The molecule has 0 aliphatic heterocycles. The van der Waals surface area contributed by atoms with Crippen LogP contribution in [-0.2, 0) is 18.8 Å². The number of hydrogen-bond donors (Lipinski definition) is 0. The molecule has 0 amide bonds. The SMILES string of the molecule is ClCc1nnn(CCC2CC2)c1CC1CC1. The molecular formula is C12H18ClN3. The normalized spacial score (nSPS) is 20.3. The number of halogens is 1. The Kier molecular flexibility index (Phi) is 2.88. The van der Waals surface area contributed by atoms with E-state index in [1.807, 2.05) is 0 Å². The predicted octanol–water partition coefficient (Wildman–Crippen LogP) is 2.77. The van der Waals surface area contributed by atoms with E-state index in [2.05, 4.69) is 15.0 Å². The molecule has 0 N–H and O–H groups in total. The van der Waals surface area contributed by atoms with Crippen molar-refractivity contribution in [2.45, 2.75) is 50.9 Å². The predicted molar refractivity (Wildman–Crippen MR) is 63.3 cm³/mol. The molecule has 0 saturated heterocycles. The van der Waals surface area contributed by atoms with E-state index in [9.17, 15) is 0 Å². The van der Waals surface area contributed by atoms with Crippen LogP contribution in [0.4, 0.5) is 0 Å². The van der Waals surface area contributed by atoms with Gasteiger partial charge in [-0.05, 0) is 37.5 Å². The van der Waals surface area contributed by atoms with Gasteiger partial charge in [-0.3, -0.25) is 0 Å². The Bertz CT molecular complexity index is 366. The molecule has 0 unspecified atom stereocenters. The van der Waals surface area contributed by atoms with Crippen LogP contribution in [0, 0.1) is 11.8 Å². The molecule has 1 heterocycles. The summed E-state index contributed by atoms with van der Waals surface area (Å²) in [6.07, 6.45) is 7.97. The molecule has 0 aromatic carbocycles. The minimum absolute atomic E-state index is 0.505. The summed E-state index contributed by atoms with van der Waals surface area (Å²) in [5.41, 5.74) is 2.31. The zero-order valence-corrected chi connectivity index (χ0v) is 10.3. The zero-order valence-electron chi connectivity index (χ0n) is 9.53. The van der Waals surface area contributed by atoms with E-state index in [4.69, 9.17) is 11.6 Å². The number of aromatic nitrogens is 3. The molecule has 16 heavy (non-hydrogen) atoms. The third-order valence-corrected chi connectivity index (χ3v) is 3.92. The van der Waals surface area contributed by atoms with Crippen molar-refractivity contribution in [2.24, 2.45) is 11.8 Å². The first-order valence-electron chi connectivity index (χ1n) is 6.34. The highest BCUT2D eigenvalue weighted by Crippen LogP contribution is 2.35. The minimum Gasteiger partial charge on any atom is -0.249 e. The van der Waals surface area contributed by atoms with Gasteiger partial charge in [0.1, 0.15) is 5.69 Å². The topological polar surface area (TPSA) is 30.7 Å². The molecule has 88 valence electrons. The van der Waals surface area contributed by atoms with Crippen LogP contribution in [0.1, 0.15) is 43.5 Å².